The van der Waals surface area contributed by atoms with E-state index in [1.807, 2.05) is 0 Å². The number of esters is 1. The molecule has 0 spiro atoms. The van der Waals surface area contributed by atoms with Gasteiger partial charge in [-0.2, -0.15) is 5.26 Å². The number of primary sulfonamides is 1. The van der Waals surface area contributed by atoms with Crippen LogP contribution in [0.4, 0.5) is 5.00 Å². The molecule has 2 aromatic rings. The lowest BCUT2D eigenvalue weighted by Crippen LogP contribution is -2.21. The minimum atomic E-state index is -4.12. The van der Waals surface area contributed by atoms with E-state index in [4.69, 9.17) is 21.5 Å². The van der Waals surface area contributed by atoms with Crippen molar-refractivity contribution >= 4 is 49.8 Å². The number of sulfonamides is 1. The van der Waals surface area contributed by atoms with Gasteiger partial charge in [-0.15, -0.1) is 11.3 Å². The van der Waals surface area contributed by atoms with Crippen LogP contribution in [0.25, 0.3) is 0 Å². The summed E-state index contributed by atoms with van der Waals surface area (Å²) < 4.78 is 28.0. The lowest BCUT2D eigenvalue weighted by atomic mass is 10.1. The lowest BCUT2D eigenvalue weighted by Gasteiger charge is -2.08. The molecule has 158 valence electrons. The second-order valence-corrected chi connectivity index (χ2v) is 9.74. The topological polar surface area (TPSA) is 139 Å². The molecule has 1 aromatic carbocycles. The van der Waals surface area contributed by atoms with Gasteiger partial charge in [-0.1, -0.05) is 18.0 Å². The van der Waals surface area contributed by atoms with Crippen molar-refractivity contribution < 1.29 is 22.7 Å². The molecule has 0 radical (unpaired) electrons. The molecule has 0 aliphatic heterocycles. The number of hydrogen-bond donors (Lipinski definition) is 2. The van der Waals surface area contributed by atoms with Gasteiger partial charge in [-0.05, 0) is 49.4 Å². The molecule has 3 rings (SSSR count). The van der Waals surface area contributed by atoms with Crippen molar-refractivity contribution in [1.82, 2.24) is 0 Å². The molecule has 8 nitrogen and oxygen atoms in total. The highest BCUT2D eigenvalue weighted by atomic mass is 35.5. The van der Waals surface area contributed by atoms with Crippen LogP contribution in [-0.2, 0) is 32.4 Å². The minimum Gasteiger partial charge on any atom is -0.452 e. The number of nitrogens with zero attached hydrogens (tertiary/aromatic N) is 1. The third kappa shape index (κ3) is 4.99. The van der Waals surface area contributed by atoms with E-state index in [-0.39, 0.29) is 10.6 Å². The fourth-order valence-corrected chi connectivity index (χ4v) is 5.50. The summed E-state index contributed by atoms with van der Waals surface area (Å²) >= 11 is 7.16. The standard InChI is InChI=1S/C19H18ClN3O5S2/c20-14-7-6-11(8-16(14)30(22,26)27)19(25)28-10-17(24)23-18-13(9-21)12-4-2-1-3-5-15(12)29-18/h6-8H,1-5,10H2,(H,23,24)(H2,22,26,27). The number of ether oxygens (including phenoxy) is 1. The summed E-state index contributed by atoms with van der Waals surface area (Å²) in [5.74, 6) is -1.51. The van der Waals surface area contributed by atoms with Gasteiger partial charge in [-0.3, -0.25) is 4.79 Å². The Hall–Kier alpha value is -2.45. The highest BCUT2D eigenvalue weighted by Gasteiger charge is 2.22. The van der Waals surface area contributed by atoms with Crippen molar-refractivity contribution in [2.45, 2.75) is 37.0 Å². The van der Waals surface area contributed by atoms with Gasteiger partial charge in [0, 0.05) is 4.88 Å². The van der Waals surface area contributed by atoms with E-state index in [0.29, 0.717) is 10.6 Å². The first-order chi connectivity index (χ1) is 14.2. The van der Waals surface area contributed by atoms with Crippen molar-refractivity contribution in [2.75, 3.05) is 11.9 Å². The number of fused-ring (bicyclic) bond motifs is 1. The van der Waals surface area contributed by atoms with E-state index >= 15 is 0 Å². The molecular weight excluding hydrogens is 450 g/mol. The summed E-state index contributed by atoms with van der Waals surface area (Å²) in [7, 11) is -4.12. The first-order valence-electron chi connectivity index (χ1n) is 9.04. The molecule has 0 atom stereocenters. The summed E-state index contributed by atoms with van der Waals surface area (Å²) in [5.41, 5.74) is 1.34. The van der Waals surface area contributed by atoms with Gasteiger partial charge in [0.1, 0.15) is 16.0 Å². The molecule has 0 saturated heterocycles. The smallest absolute Gasteiger partial charge is 0.338 e. The zero-order chi connectivity index (χ0) is 21.9. The van der Waals surface area contributed by atoms with Crippen LogP contribution in [-0.4, -0.2) is 26.9 Å². The number of carbonyl (C=O) groups excluding carboxylic acids is 2. The molecule has 3 N–H and O–H groups in total. The molecule has 1 aromatic heterocycles. The van der Waals surface area contributed by atoms with Crippen molar-refractivity contribution in [1.29, 1.82) is 5.26 Å². The third-order valence-corrected chi connectivity index (χ3v) is 7.19. The van der Waals surface area contributed by atoms with Crippen LogP contribution in [0.2, 0.25) is 5.02 Å². The van der Waals surface area contributed by atoms with E-state index in [2.05, 4.69) is 11.4 Å². The zero-order valence-electron chi connectivity index (χ0n) is 15.7. The number of aryl methyl sites for hydroxylation is 1. The maximum Gasteiger partial charge on any atom is 0.338 e. The number of carbonyl (C=O) groups is 2. The summed E-state index contributed by atoms with van der Waals surface area (Å²) in [4.78, 5) is 25.1. The van der Waals surface area contributed by atoms with Gasteiger partial charge < -0.3 is 10.1 Å². The number of anilines is 1. The maximum absolute atomic E-state index is 12.2. The zero-order valence-corrected chi connectivity index (χ0v) is 18.1. The number of nitrogens with two attached hydrogens (primary N) is 1. The van der Waals surface area contributed by atoms with Crippen LogP contribution in [0.5, 0.6) is 0 Å². The van der Waals surface area contributed by atoms with Crippen molar-refractivity contribution in [2.24, 2.45) is 5.14 Å². The molecule has 1 heterocycles. The van der Waals surface area contributed by atoms with Crippen molar-refractivity contribution in [3.8, 4) is 6.07 Å². The molecule has 11 heteroatoms. The highest BCUT2D eigenvalue weighted by Crippen LogP contribution is 2.36. The predicted octanol–water partition coefficient (Wildman–Crippen LogP) is 2.98. The monoisotopic (exact) mass is 467 g/mol. The Balaban J connectivity index is 1.67. The predicted molar refractivity (Wildman–Crippen MR) is 112 cm³/mol. The van der Waals surface area contributed by atoms with Gasteiger partial charge >= 0.3 is 5.97 Å². The molecule has 0 fully saturated rings. The van der Waals surface area contributed by atoms with Gasteiger partial charge in [0.05, 0.1) is 16.1 Å². The Kier molecular flexibility index (Phi) is 6.77. The highest BCUT2D eigenvalue weighted by molar-refractivity contribution is 7.89. The van der Waals surface area contributed by atoms with Gasteiger partial charge in [-0.25, -0.2) is 18.4 Å². The van der Waals surface area contributed by atoms with E-state index in [1.165, 1.54) is 23.5 Å². The first kappa shape index (κ1) is 22.2. The second kappa shape index (κ2) is 9.14. The molecule has 30 heavy (non-hydrogen) atoms. The van der Waals surface area contributed by atoms with Gasteiger partial charge in [0.2, 0.25) is 10.0 Å². The fourth-order valence-electron chi connectivity index (χ4n) is 3.17. The van der Waals surface area contributed by atoms with E-state index < -0.39 is 33.4 Å². The quantitative estimate of drug-likeness (QED) is 0.511. The summed E-state index contributed by atoms with van der Waals surface area (Å²) in [6, 6.07) is 5.62. The Morgan fingerprint density at radius 2 is 2.00 bits per heavy atom. The Morgan fingerprint density at radius 3 is 2.70 bits per heavy atom. The summed E-state index contributed by atoms with van der Waals surface area (Å²) in [6.07, 6.45) is 4.85. The molecule has 0 bridgehead atoms. The Morgan fingerprint density at radius 1 is 1.27 bits per heavy atom. The molecule has 1 aliphatic carbocycles. The third-order valence-electron chi connectivity index (χ3n) is 4.59. The van der Waals surface area contributed by atoms with Crippen molar-refractivity contribution in [3.63, 3.8) is 0 Å². The normalized spacial score (nSPS) is 13.6. The Bertz CT molecular complexity index is 1150. The molecule has 1 aliphatic rings. The summed E-state index contributed by atoms with van der Waals surface area (Å²) in [6.45, 7) is -0.598. The lowest BCUT2D eigenvalue weighted by molar-refractivity contribution is -0.119. The van der Waals surface area contributed by atoms with Gasteiger partial charge in [0.25, 0.3) is 5.91 Å². The van der Waals surface area contributed by atoms with E-state index in [0.717, 1.165) is 48.6 Å². The van der Waals surface area contributed by atoms with E-state index in [1.54, 1.807) is 0 Å². The van der Waals surface area contributed by atoms with Gasteiger partial charge in [0.15, 0.2) is 6.61 Å². The SMILES string of the molecule is N#Cc1c(NC(=O)COC(=O)c2ccc(Cl)c(S(N)(=O)=O)c2)sc2c1CCCCC2. The summed E-state index contributed by atoms with van der Waals surface area (Å²) in [5, 5.41) is 17.5. The fraction of sp³-hybridized carbons (Fsp3) is 0.316. The number of nitriles is 1. The molecule has 0 unspecified atom stereocenters. The maximum atomic E-state index is 12.2. The molecule has 0 saturated carbocycles. The van der Waals surface area contributed by atoms with Crippen LogP contribution >= 0.6 is 22.9 Å². The largest absolute Gasteiger partial charge is 0.452 e. The van der Waals surface area contributed by atoms with Crippen LogP contribution in [0.3, 0.4) is 0 Å². The van der Waals surface area contributed by atoms with Crippen molar-refractivity contribution in [3.05, 3.63) is 44.8 Å². The molecular formula is C19H18ClN3O5S2. The second-order valence-electron chi connectivity index (χ2n) is 6.69. The number of amides is 1. The average Bonchev–Trinajstić information content (AvgIpc) is 2.84. The first-order valence-corrected chi connectivity index (χ1v) is 11.8. The minimum absolute atomic E-state index is 0.114. The average molecular weight is 468 g/mol. The van der Waals surface area contributed by atoms with Crippen LogP contribution in [0.15, 0.2) is 23.1 Å². The van der Waals surface area contributed by atoms with Crippen LogP contribution < -0.4 is 10.5 Å². The number of benzene rings is 1. The number of rotatable bonds is 5. The van der Waals surface area contributed by atoms with Crippen LogP contribution in [0, 0.1) is 11.3 Å². The number of hydrogen-bond acceptors (Lipinski definition) is 7. The van der Waals surface area contributed by atoms with E-state index in [9.17, 15) is 23.3 Å². The number of thiophene rings is 1. The van der Waals surface area contributed by atoms with Crippen LogP contribution in [0.1, 0.15) is 45.6 Å². The Labute approximate surface area is 182 Å². The molecule has 1 amide bonds. The number of nitrogens with one attached hydrogen (secondary N) is 1. The number of halogens is 1.